The van der Waals surface area contributed by atoms with E-state index in [4.69, 9.17) is 16.4 Å². The molecule has 0 spiro atoms. The van der Waals surface area contributed by atoms with Crippen LogP contribution in [-0.4, -0.2) is 39.2 Å². The standard InChI is InChI=1S/C20H22ClN5O3/c1-3-29-26-20-23-10-15(21)18(25-20)14-8-16(22-9-14)19(28)24-17(11-27)13-6-4-5-12(2)7-13/h4-10,17,22,27H,3,11H2,1-2H3,(H,24,28)(H,23,25,26)/t17-/m1/s1. The molecule has 1 aromatic carbocycles. The minimum atomic E-state index is -0.515. The number of aromatic amines is 1. The van der Waals surface area contributed by atoms with E-state index in [1.165, 1.54) is 6.20 Å². The maximum Gasteiger partial charge on any atom is 0.268 e. The summed E-state index contributed by atoms with van der Waals surface area (Å²) in [6, 6.07) is 8.75. The van der Waals surface area contributed by atoms with Crippen LogP contribution in [-0.2, 0) is 4.84 Å². The average Bonchev–Trinajstić information content (AvgIpc) is 3.21. The highest BCUT2D eigenvalue weighted by Gasteiger charge is 2.18. The Morgan fingerprint density at radius 1 is 1.38 bits per heavy atom. The maximum absolute atomic E-state index is 12.7. The first-order chi connectivity index (χ1) is 14.0. The number of nitrogens with one attached hydrogen (secondary N) is 3. The number of hydrogen-bond donors (Lipinski definition) is 4. The summed E-state index contributed by atoms with van der Waals surface area (Å²) in [5.74, 6) is -0.0899. The first-order valence-corrected chi connectivity index (χ1v) is 9.47. The number of aromatic nitrogens is 3. The zero-order valence-corrected chi connectivity index (χ0v) is 16.8. The number of nitrogens with zero attached hydrogens (tertiary/aromatic N) is 2. The minimum Gasteiger partial charge on any atom is -0.394 e. The molecule has 0 saturated heterocycles. The van der Waals surface area contributed by atoms with Crippen LogP contribution >= 0.6 is 11.6 Å². The molecule has 152 valence electrons. The van der Waals surface area contributed by atoms with Crippen molar-refractivity contribution in [3.63, 3.8) is 0 Å². The lowest BCUT2D eigenvalue weighted by Crippen LogP contribution is -2.31. The van der Waals surface area contributed by atoms with E-state index < -0.39 is 6.04 Å². The molecular formula is C20H22ClN5O3. The number of benzene rings is 1. The van der Waals surface area contributed by atoms with Gasteiger partial charge in [-0.25, -0.2) is 15.4 Å². The van der Waals surface area contributed by atoms with Gasteiger partial charge in [0.05, 0.1) is 36.2 Å². The predicted octanol–water partition coefficient (Wildman–Crippen LogP) is 3.26. The van der Waals surface area contributed by atoms with Gasteiger partial charge in [-0.3, -0.25) is 9.63 Å². The van der Waals surface area contributed by atoms with Crippen LogP contribution in [0, 0.1) is 6.92 Å². The number of rotatable bonds is 8. The molecule has 4 N–H and O–H groups in total. The summed E-state index contributed by atoms with van der Waals surface area (Å²) < 4.78 is 0. The van der Waals surface area contributed by atoms with Crippen molar-refractivity contribution in [3.05, 3.63) is 64.6 Å². The molecule has 0 fully saturated rings. The van der Waals surface area contributed by atoms with Gasteiger partial charge in [-0.2, -0.15) is 0 Å². The zero-order valence-electron chi connectivity index (χ0n) is 16.1. The number of anilines is 1. The predicted molar refractivity (Wildman–Crippen MR) is 111 cm³/mol. The van der Waals surface area contributed by atoms with Crippen molar-refractivity contribution in [1.82, 2.24) is 20.3 Å². The molecule has 3 rings (SSSR count). The number of aliphatic hydroxyl groups is 1. The number of aryl methyl sites for hydroxylation is 1. The molecule has 0 unspecified atom stereocenters. The van der Waals surface area contributed by atoms with E-state index in [0.29, 0.717) is 28.6 Å². The molecule has 0 saturated carbocycles. The van der Waals surface area contributed by atoms with Crippen molar-refractivity contribution in [2.75, 3.05) is 18.7 Å². The molecule has 29 heavy (non-hydrogen) atoms. The third kappa shape index (κ3) is 5.11. The Balaban J connectivity index is 1.78. The minimum absolute atomic E-state index is 0.215. The van der Waals surface area contributed by atoms with Gasteiger partial charge >= 0.3 is 0 Å². The molecule has 8 nitrogen and oxygen atoms in total. The molecule has 9 heteroatoms. The topological polar surface area (TPSA) is 112 Å². The summed E-state index contributed by atoms with van der Waals surface area (Å²) >= 11 is 6.21. The van der Waals surface area contributed by atoms with Crippen LogP contribution in [0.1, 0.15) is 34.6 Å². The highest BCUT2D eigenvalue weighted by Crippen LogP contribution is 2.27. The van der Waals surface area contributed by atoms with Gasteiger partial charge < -0.3 is 15.4 Å². The molecule has 2 heterocycles. The van der Waals surface area contributed by atoms with Crippen LogP contribution in [0.25, 0.3) is 11.3 Å². The highest BCUT2D eigenvalue weighted by molar-refractivity contribution is 6.32. The van der Waals surface area contributed by atoms with Crippen molar-refractivity contribution >= 4 is 23.5 Å². The third-order valence-corrected chi connectivity index (χ3v) is 4.46. The van der Waals surface area contributed by atoms with Crippen molar-refractivity contribution in [3.8, 4) is 11.3 Å². The summed E-state index contributed by atoms with van der Waals surface area (Å²) in [5, 5.41) is 12.9. The summed E-state index contributed by atoms with van der Waals surface area (Å²) in [6.07, 6.45) is 3.09. The van der Waals surface area contributed by atoms with E-state index >= 15 is 0 Å². The largest absolute Gasteiger partial charge is 0.394 e. The fourth-order valence-corrected chi connectivity index (χ4v) is 2.98. The second-order valence-electron chi connectivity index (χ2n) is 6.35. The number of carbonyl (C=O) groups is 1. The Bertz CT molecular complexity index is 992. The van der Waals surface area contributed by atoms with Gasteiger partial charge in [0.2, 0.25) is 5.95 Å². The smallest absolute Gasteiger partial charge is 0.268 e. The molecule has 0 bridgehead atoms. The maximum atomic E-state index is 12.7. The number of carbonyl (C=O) groups excluding carboxylic acids is 1. The number of amides is 1. The lowest BCUT2D eigenvalue weighted by atomic mass is 10.0. The van der Waals surface area contributed by atoms with Crippen LogP contribution in [0.5, 0.6) is 0 Å². The van der Waals surface area contributed by atoms with Crippen molar-refractivity contribution in [2.45, 2.75) is 19.9 Å². The van der Waals surface area contributed by atoms with Crippen LogP contribution in [0.2, 0.25) is 5.02 Å². The molecular weight excluding hydrogens is 394 g/mol. The molecule has 1 amide bonds. The normalized spacial score (nSPS) is 11.9. The monoisotopic (exact) mass is 415 g/mol. The second kappa shape index (κ2) is 9.51. The SMILES string of the molecule is CCONc1ncc(Cl)c(-c2c[nH]c(C(=O)N[C@H](CO)c3cccc(C)c3)c2)n1. The van der Waals surface area contributed by atoms with E-state index in [-0.39, 0.29) is 18.5 Å². The second-order valence-corrected chi connectivity index (χ2v) is 6.76. The third-order valence-electron chi connectivity index (χ3n) is 4.19. The Labute approximate surface area is 173 Å². The number of H-pyrrole nitrogens is 1. The van der Waals surface area contributed by atoms with Gasteiger partial charge in [0.15, 0.2) is 0 Å². The summed E-state index contributed by atoms with van der Waals surface area (Å²) in [5.41, 5.74) is 5.90. The van der Waals surface area contributed by atoms with Gasteiger partial charge in [0.25, 0.3) is 5.91 Å². The van der Waals surface area contributed by atoms with Crippen LogP contribution in [0.3, 0.4) is 0 Å². The molecule has 3 aromatic rings. The molecule has 0 aliphatic rings. The van der Waals surface area contributed by atoms with E-state index in [1.807, 2.05) is 38.1 Å². The van der Waals surface area contributed by atoms with Crippen molar-refractivity contribution in [1.29, 1.82) is 0 Å². The zero-order chi connectivity index (χ0) is 20.8. The summed E-state index contributed by atoms with van der Waals surface area (Å²) in [4.78, 5) is 29.0. The van der Waals surface area contributed by atoms with Gasteiger partial charge in [-0.1, -0.05) is 41.4 Å². The highest BCUT2D eigenvalue weighted by atomic mass is 35.5. The van der Waals surface area contributed by atoms with Crippen LogP contribution in [0.15, 0.2) is 42.7 Å². The Morgan fingerprint density at radius 3 is 2.93 bits per heavy atom. The van der Waals surface area contributed by atoms with Gasteiger partial charge in [-0.05, 0) is 25.5 Å². The summed E-state index contributed by atoms with van der Waals surface area (Å²) in [6.45, 7) is 4.02. The Hall–Kier alpha value is -2.94. The van der Waals surface area contributed by atoms with Gasteiger partial charge in [-0.15, -0.1) is 0 Å². The van der Waals surface area contributed by atoms with Crippen molar-refractivity contribution < 1.29 is 14.7 Å². The Morgan fingerprint density at radius 2 is 2.21 bits per heavy atom. The van der Waals surface area contributed by atoms with E-state index in [0.717, 1.165) is 11.1 Å². The number of halogens is 1. The molecule has 0 radical (unpaired) electrons. The molecule has 1 atom stereocenters. The van der Waals surface area contributed by atoms with E-state index in [1.54, 1.807) is 12.3 Å². The Kier molecular flexibility index (Phi) is 6.82. The van der Waals surface area contributed by atoms with E-state index in [2.05, 4.69) is 25.7 Å². The summed E-state index contributed by atoms with van der Waals surface area (Å²) in [7, 11) is 0. The number of hydrogen-bond acceptors (Lipinski definition) is 6. The molecule has 2 aromatic heterocycles. The first-order valence-electron chi connectivity index (χ1n) is 9.09. The lowest BCUT2D eigenvalue weighted by molar-refractivity contribution is 0.0911. The lowest BCUT2D eigenvalue weighted by Gasteiger charge is -2.16. The van der Waals surface area contributed by atoms with Gasteiger partial charge in [0.1, 0.15) is 5.69 Å². The van der Waals surface area contributed by atoms with Gasteiger partial charge in [0, 0.05) is 11.8 Å². The van der Waals surface area contributed by atoms with E-state index in [9.17, 15) is 9.90 Å². The fraction of sp³-hybridized carbons (Fsp3) is 0.250. The van der Waals surface area contributed by atoms with Crippen LogP contribution in [0.4, 0.5) is 5.95 Å². The molecule has 0 aliphatic heterocycles. The molecule has 0 aliphatic carbocycles. The van der Waals surface area contributed by atoms with Crippen LogP contribution < -0.4 is 10.8 Å². The fourth-order valence-electron chi connectivity index (χ4n) is 2.77. The first kappa shape index (κ1) is 20.8. The van der Waals surface area contributed by atoms with Crippen molar-refractivity contribution in [2.24, 2.45) is 0 Å². The average molecular weight is 416 g/mol. The quantitative estimate of drug-likeness (QED) is 0.420. The number of aliphatic hydroxyl groups excluding tert-OH is 1.